The Morgan fingerprint density at radius 1 is 1.14 bits per heavy atom. The molecule has 0 aromatic carbocycles. The van der Waals surface area contributed by atoms with E-state index in [0.29, 0.717) is 18.5 Å². The van der Waals surface area contributed by atoms with Gasteiger partial charge < -0.3 is 10.1 Å². The van der Waals surface area contributed by atoms with Gasteiger partial charge in [-0.05, 0) is 60.9 Å². The van der Waals surface area contributed by atoms with Crippen LogP contribution in [0.1, 0.15) is 31.2 Å². The monoisotopic (exact) mass is 392 g/mol. The molecule has 8 heteroatoms. The van der Waals surface area contributed by atoms with Crippen LogP contribution in [-0.4, -0.2) is 30.9 Å². The van der Waals surface area contributed by atoms with Gasteiger partial charge >= 0.3 is 0 Å². The van der Waals surface area contributed by atoms with Crippen LogP contribution in [0.4, 0.5) is 5.82 Å². The molecule has 0 unspecified atom stereocenters. The lowest BCUT2D eigenvalue weighted by atomic mass is 10.2. The molecular formula is C20H20N6OS. The quantitative estimate of drug-likeness (QED) is 0.530. The summed E-state index contributed by atoms with van der Waals surface area (Å²) in [5.41, 5.74) is 2.85. The second kappa shape index (κ2) is 7.55. The van der Waals surface area contributed by atoms with E-state index >= 15 is 0 Å². The van der Waals surface area contributed by atoms with Crippen molar-refractivity contribution in [2.45, 2.75) is 38.3 Å². The van der Waals surface area contributed by atoms with Gasteiger partial charge in [-0.3, -0.25) is 0 Å². The Balaban J connectivity index is 1.31. The first-order valence-corrected chi connectivity index (χ1v) is 10.4. The van der Waals surface area contributed by atoms with Crippen LogP contribution < -0.4 is 10.1 Å². The van der Waals surface area contributed by atoms with Gasteiger partial charge in [0.25, 0.3) is 0 Å². The average Bonchev–Trinajstić information content (AvgIpc) is 3.47. The molecule has 5 rings (SSSR count). The minimum absolute atomic E-state index is 0.309. The first-order valence-electron chi connectivity index (χ1n) is 9.46. The molecule has 1 saturated carbocycles. The Bertz CT molecular complexity index is 1070. The molecule has 0 bridgehead atoms. The summed E-state index contributed by atoms with van der Waals surface area (Å²) in [6.45, 7) is 0.637. The number of anilines is 1. The fourth-order valence-electron chi connectivity index (χ4n) is 3.45. The summed E-state index contributed by atoms with van der Waals surface area (Å²) >= 11 is 1.63. The van der Waals surface area contributed by atoms with Crippen molar-refractivity contribution < 1.29 is 4.74 Å². The van der Waals surface area contributed by atoms with Gasteiger partial charge in [0.2, 0.25) is 5.88 Å². The van der Waals surface area contributed by atoms with Gasteiger partial charge in [-0.1, -0.05) is 0 Å². The van der Waals surface area contributed by atoms with E-state index in [0.717, 1.165) is 41.3 Å². The molecular weight excluding hydrogens is 372 g/mol. The van der Waals surface area contributed by atoms with Crippen molar-refractivity contribution in [3.8, 4) is 17.3 Å². The molecule has 7 nitrogen and oxygen atoms in total. The number of rotatable bonds is 6. The van der Waals surface area contributed by atoms with E-state index in [1.165, 1.54) is 12.8 Å². The third kappa shape index (κ3) is 3.55. The summed E-state index contributed by atoms with van der Waals surface area (Å²) in [5.74, 6) is 2.21. The number of pyridine rings is 1. The smallest absolute Gasteiger partial charge is 0.213 e. The van der Waals surface area contributed by atoms with Gasteiger partial charge in [-0.2, -0.15) is 15.9 Å². The molecule has 1 aliphatic carbocycles. The van der Waals surface area contributed by atoms with E-state index < -0.39 is 0 Å². The van der Waals surface area contributed by atoms with E-state index in [1.54, 1.807) is 22.0 Å². The van der Waals surface area contributed by atoms with Crippen LogP contribution in [0.5, 0.6) is 5.88 Å². The zero-order valence-corrected chi connectivity index (χ0v) is 16.1. The topological polar surface area (TPSA) is 77.2 Å². The largest absolute Gasteiger partial charge is 0.474 e. The molecule has 1 fully saturated rings. The van der Waals surface area contributed by atoms with Gasteiger partial charge in [0.05, 0.1) is 0 Å². The molecule has 0 saturated heterocycles. The standard InChI is InChI=1S/C20H20N6OS/c1-2-4-16(3-1)27-19-11-14(7-9-21-19)12-22-17-5-6-18-23-24-20(26(18)25-17)15-8-10-28-13-15/h5-11,13,16H,1-4,12H2,(H,22,25). The number of aromatic nitrogens is 5. The number of fused-ring (bicyclic) bond motifs is 1. The van der Waals surface area contributed by atoms with Crippen molar-refractivity contribution in [2.75, 3.05) is 5.32 Å². The Labute approximate surface area is 166 Å². The molecule has 0 aliphatic heterocycles. The van der Waals surface area contributed by atoms with E-state index in [-0.39, 0.29) is 0 Å². The third-order valence-corrected chi connectivity index (χ3v) is 5.59. The predicted molar refractivity (Wildman–Crippen MR) is 109 cm³/mol. The maximum atomic E-state index is 6.00. The second-order valence-corrected chi connectivity index (χ2v) is 7.68. The van der Waals surface area contributed by atoms with Crippen LogP contribution in [0.25, 0.3) is 17.0 Å². The molecule has 1 aliphatic rings. The highest BCUT2D eigenvalue weighted by atomic mass is 32.1. The van der Waals surface area contributed by atoms with Gasteiger partial charge in [-0.25, -0.2) is 4.98 Å². The molecule has 1 N–H and O–H groups in total. The molecule has 4 heterocycles. The van der Waals surface area contributed by atoms with Crippen molar-refractivity contribution in [3.05, 3.63) is 52.9 Å². The highest BCUT2D eigenvalue weighted by Crippen LogP contribution is 2.24. The Kier molecular flexibility index (Phi) is 4.62. The maximum absolute atomic E-state index is 6.00. The fraction of sp³-hybridized carbons (Fsp3) is 0.300. The van der Waals surface area contributed by atoms with Gasteiger partial charge in [0, 0.05) is 29.8 Å². The summed E-state index contributed by atoms with van der Waals surface area (Å²) in [7, 11) is 0. The number of hydrogen-bond donors (Lipinski definition) is 1. The summed E-state index contributed by atoms with van der Waals surface area (Å²) in [4.78, 5) is 4.35. The van der Waals surface area contributed by atoms with E-state index in [1.807, 2.05) is 41.1 Å². The van der Waals surface area contributed by atoms with Crippen LogP contribution in [0, 0.1) is 0 Å². The van der Waals surface area contributed by atoms with Crippen molar-refractivity contribution in [3.63, 3.8) is 0 Å². The lowest BCUT2D eigenvalue weighted by Gasteiger charge is -2.13. The van der Waals surface area contributed by atoms with E-state index in [9.17, 15) is 0 Å². The summed E-state index contributed by atoms with van der Waals surface area (Å²) in [6, 6.07) is 9.84. The molecule has 0 amide bonds. The SMILES string of the molecule is c1cc(CNc2ccc3nnc(-c4ccsc4)n3n2)cc(OC2CCCC2)n1. The first kappa shape index (κ1) is 17.1. The third-order valence-electron chi connectivity index (χ3n) is 4.90. The maximum Gasteiger partial charge on any atom is 0.213 e. The normalized spacial score (nSPS) is 14.6. The number of hydrogen-bond acceptors (Lipinski definition) is 7. The number of thiophene rings is 1. The number of ether oxygens (including phenoxy) is 1. The summed E-state index contributed by atoms with van der Waals surface area (Å²) < 4.78 is 7.77. The van der Waals surface area contributed by atoms with Crippen LogP contribution in [0.2, 0.25) is 0 Å². The molecule has 0 atom stereocenters. The van der Waals surface area contributed by atoms with Crippen LogP contribution in [0.15, 0.2) is 47.3 Å². The van der Waals surface area contributed by atoms with Crippen molar-refractivity contribution >= 4 is 22.8 Å². The minimum Gasteiger partial charge on any atom is -0.474 e. The lowest BCUT2D eigenvalue weighted by molar-refractivity contribution is 0.201. The van der Waals surface area contributed by atoms with Crippen molar-refractivity contribution in [1.82, 2.24) is 24.8 Å². The van der Waals surface area contributed by atoms with Crippen LogP contribution in [-0.2, 0) is 6.54 Å². The second-order valence-electron chi connectivity index (χ2n) is 6.90. The highest BCUT2D eigenvalue weighted by Gasteiger charge is 2.17. The lowest BCUT2D eigenvalue weighted by Crippen LogP contribution is -2.12. The van der Waals surface area contributed by atoms with E-state index in [4.69, 9.17) is 4.74 Å². The summed E-state index contributed by atoms with van der Waals surface area (Å²) in [6.07, 6.45) is 6.85. The predicted octanol–water partition coefficient (Wildman–Crippen LogP) is 4.18. The first-order chi connectivity index (χ1) is 13.8. The number of nitrogens with one attached hydrogen (secondary N) is 1. The van der Waals surface area contributed by atoms with Crippen LogP contribution >= 0.6 is 11.3 Å². The van der Waals surface area contributed by atoms with Crippen molar-refractivity contribution in [2.24, 2.45) is 0 Å². The highest BCUT2D eigenvalue weighted by molar-refractivity contribution is 7.08. The molecule has 0 spiro atoms. The molecule has 0 radical (unpaired) electrons. The van der Waals surface area contributed by atoms with E-state index in [2.05, 4.69) is 25.6 Å². The van der Waals surface area contributed by atoms with Gasteiger partial charge in [0.1, 0.15) is 11.9 Å². The number of nitrogens with zero attached hydrogens (tertiary/aromatic N) is 5. The van der Waals surface area contributed by atoms with Crippen molar-refractivity contribution in [1.29, 1.82) is 0 Å². The van der Waals surface area contributed by atoms with Crippen LogP contribution in [0.3, 0.4) is 0 Å². The zero-order valence-electron chi connectivity index (χ0n) is 15.3. The molecule has 142 valence electrons. The molecule has 28 heavy (non-hydrogen) atoms. The Morgan fingerprint density at radius 2 is 2.07 bits per heavy atom. The summed E-state index contributed by atoms with van der Waals surface area (Å²) in [5, 5.41) is 20.5. The average molecular weight is 392 g/mol. The Morgan fingerprint density at radius 3 is 2.93 bits per heavy atom. The zero-order chi connectivity index (χ0) is 18.8. The molecule has 4 aromatic heterocycles. The fourth-order valence-corrected chi connectivity index (χ4v) is 4.08. The Hall–Kier alpha value is -3.00. The van der Waals surface area contributed by atoms with Gasteiger partial charge in [-0.15, -0.1) is 15.3 Å². The molecule has 4 aromatic rings. The minimum atomic E-state index is 0.309. The van der Waals surface area contributed by atoms with Gasteiger partial charge in [0.15, 0.2) is 11.5 Å².